The van der Waals surface area contributed by atoms with Crippen LogP contribution in [0.2, 0.25) is 0 Å². The molecule has 0 aromatic heterocycles. The van der Waals surface area contributed by atoms with E-state index >= 15 is 0 Å². The van der Waals surface area contributed by atoms with Crippen LogP contribution in [0.4, 0.5) is 0 Å². The highest BCUT2D eigenvalue weighted by Crippen LogP contribution is 2.18. The van der Waals surface area contributed by atoms with Crippen LogP contribution in [0.5, 0.6) is 5.75 Å². The molecule has 0 unspecified atom stereocenters. The van der Waals surface area contributed by atoms with Crippen LogP contribution in [0.1, 0.15) is 45.1 Å². The summed E-state index contributed by atoms with van der Waals surface area (Å²) < 4.78 is 5.25. The monoisotopic (exact) mass is 275 g/mol. The van der Waals surface area contributed by atoms with E-state index in [1.54, 1.807) is 19.3 Å². The van der Waals surface area contributed by atoms with Crippen molar-refractivity contribution < 1.29 is 9.53 Å². The normalized spacial score (nSPS) is 11.0. The van der Waals surface area contributed by atoms with Crippen LogP contribution in [0.15, 0.2) is 30.3 Å². The summed E-state index contributed by atoms with van der Waals surface area (Å²) in [5.41, 5.74) is 0.910. The van der Waals surface area contributed by atoms with Gasteiger partial charge in [-0.05, 0) is 25.0 Å². The standard InChI is InChI=1S/C17H25NO2/c1-4-8-15(9-5-2)18-17(19)13-12-14-10-6-7-11-16(14)20-3/h6-7,10-13,15H,4-5,8-9H2,1-3H3,(H,18,19)/b13-12+. The Labute approximate surface area is 122 Å². The fourth-order valence-electron chi connectivity index (χ4n) is 2.20. The topological polar surface area (TPSA) is 38.3 Å². The van der Waals surface area contributed by atoms with Crippen LogP contribution in [-0.4, -0.2) is 19.1 Å². The lowest BCUT2D eigenvalue weighted by Gasteiger charge is -2.15. The molecule has 0 radical (unpaired) electrons. The zero-order valence-corrected chi connectivity index (χ0v) is 12.7. The van der Waals surface area contributed by atoms with Crippen LogP contribution in [0.3, 0.4) is 0 Å². The Hall–Kier alpha value is -1.77. The van der Waals surface area contributed by atoms with E-state index in [4.69, 9.17) is 4.74 Å². The zero-order valence-electron chi connectivity index (χ0n) is 12.7. The number of ether oxygens (including phenoxy) is 1. The summed E-state index contributed by atoms with van der Waals surface area (Å²) in [5, 5.41) is 3.06. The van der Waals surface area contributed by atoms with Crippen molar-refractivity contribution in [3.8, 4) is 5.75 Å². The maximum absolute atomic E-state index is 11.9. The number of carbonyl (C=O) groups excluding carboxylic acids is 1. The average molecular weight is 275 g/mol. The van der Waals surface area contributed by atoms with E-state index in [2.05, 4.69) is 19.2 Å². The van der Waals surface area contributed by atoms with Crippen LogP contribution in [0.25, 0.3) is 6.08 Å². The summed E-state index contributed by atoms with van der Waals surface area (Å²) in [6.07, 6.45) is 7.60. The van der Waals surface area contributed by atoms with E-state index in [0.29, 0.717) is 0 Å². The Morgan fingerprint density at radius 1 is 1.25 bits per heavy atom. The Morgan fingerprint density at radius 3 is 2.50 bits per heavy atom. The lowest BCUT2D eigenvalue weighted by Crippen LogP contribution is -2.33. The van der Waals surface area contributed by atoms with Crippen molar-refractivity contribution in [3.05, 3.63) is 35.9 Å². The first-order chi connectivity index (χ1) is 9.71. The van der Waals surface area contributed by atoms with Crippen molar-refractivity contribution in [2.45, 2.75) is 45.6 Å². The summed E-state index contributed by atoms with van der Waals surface area (Å²) in [4.78, 5) is 11.9. The van der Waals surface area contributed by atoms with Gasteiger partial charge < -0.3 is 10.1 Å². The molecule has 0 spiro atoms. The van der Waals surface area contributed by atoms with Crippen LogP contribution < -0.4 is 10.1 Å². The Kier molecular flexibility index (Phi) is 7.48. The molecule has 1 aromatic carbocycles. The molecule has 20 heavy (non-hydrogen) atoms. The van der Waals surface area contributed by atoms with Gasteiger partial charge in [0.2, 0.25) is 5.91 Å². The predicted molar refractivity (Wildman–Crippen MR) is 83.8 cm³/mol. The second-order valence-electron chi connectivity index (χ2n) is 4.86. The minimum absolute atomic E-state index is 0.0391. The molecule has 3 nitrogen and oxygen atoms in total. The Balaban J connectivity index is 2.62. The smallest absolute Gasteiger partial charge is 0.244 e. The van der Waals surface area contributed by atoms with Crippen molar-refractivity contribution >= 4 is 12.0 Å². The molecular formula is C17H25NO2. The minimum Gasteiger partial charge on any atom is -0.496 e. The number of nitrogens with one attached hydrogen (secondary N) is 1. The lowest BCUT2D eigenvalue weighted by atomic mass is 10.1. The third-order valence-electron chi connectivity index (χ3n) is 3.17. The van der Waals surface area contributed by atoms with Crippen LogP contribution in [-0.2, 0) is 4.79 Å². The fraction of sp³-hybridized carbons (Fsp3) is 0.471. The van der Waals surface area contributed by atoms with Crippen molar-refractivity contribution in [1.82, 2.24) is 5.32 Å². The number of rotatable bonds is 8. The second-order valence-corrected chi connectivity index (χ2v) is 4.86. The number of methoxy groups -OCH3 is 1. The van der Waals surface area contributed by atoms with Gasteiger partial charge >= 0.3 is 0 Å². The highest BCUT2D eigenvalue weighted by atomic mass is 16.5. The summed E-state index contributed by atoms with van der Waals surface area (Å²) in [7, 11) is 1.63. The Bertz CT molecular complexity index is 434. The highest BCUT2D eigenvalue weighted by Gasteiger charge is 2.08. The quantitative estimate of drug-likeness (QED) is 0.733. The number of hydrogen-bond donors (Lipinski definition) is 1. The molecule has 0 heterocycles. The molecule has 0 saturated heterocycles. The van der Waals surface area contributed by atoms with Crippen molar-refractivity contribution in [3.63, 3.8) is 0 Å². The summed E-state index contributed by atoms with van der Waals surface area (Å²) >= 11 is 0. The first kappa shape index (κ1) is 16.3. The largest absolute Gasteiger partial charge is 0.496 e. The number of para-hydroxylation sites is 1. The Morgan fingerprint density at radius 2 is 1.90 bits per heavy atom. The maximum Gasteiger partial charge on any atom is 0.244 e. The van der Waals surface area contributed by atoms with Gasteiger partial charge in [0.15, 0.2) is 0 Å². The van der Waals surface area contributed by atoms with Gasteiger partial charge in [-0.2, -0.15) is 0 Å². The molecule has 0 bridgehead atoms. The molecule has 0 saturated carbocycles. The zero-order chi connectivity index (χ0) is 14.8. The third kappa shape index (κ3) is 5.47. The first-order valence-corrected chi connectivity index (χ1v) is 7.32. The molecule has 1 aromatic rings. The molecule has 0 atom stereocenters. The highest BCUT2D eigenvalue weighted by molar-refractivity contribution is 5.92. The van der Waals surface area contributed by atoms with Gasteiger partial charge in [0.1, 0.15) is 5.75 Å². The molecule has 1 rings (SSSR count). The van der Waals surface area contributed by atoms with Crippen molar-refractivity contribution in [1.29, 1.82) is 0 Å². The molecule has 1 N–H and O–H groups in total. The lowest BCUT2D eigenvalue weighted by molar-refractivity contribution is -0.117. The van der Waals surface area contributed by atoms with Gasteiger partial charge in [-0.15, -0.1) is 0 Å². The van der Waals surface area contributed by atoms with Crippen LogP contribution in [0, 0.1) is 0 Å². The van der Waals surface area contributed by atoms with E-state index in [0.717, 1.165) is 37.0 Å². The van der Waals surface area contributed by atoms with E-state index < -0.39 is 0 Å². The second kappa shape index (κ2) is 9.18. The predicted octanol–water partition coefficient (Wildman–Crippen LogP) is 3.79. The molecule has 1 amide bonds. The summed E-state index contributed by atoms with van der Waals surface area (Å²) in [6, 6.07) is 7.93. The first-order valence-electron chi connectivity index (χ1n) is 7.32. The van der Waals surface area contributed by atoms with Gasteiger partial charge in [-0.3, -0.25) is 4.79 Å². The molecule has 110 valence electrons. The van der Waals surface area contributed by atoms with Gasteiger partial charge in [0.05, 0.1) is 7.11 Å². The fourth-order valence-corrected chi connectivity index (χ4v) is 2.20. The van der Waals surface area contributed by atoms with Gasteiger partial charge in [-0.1, -0.05) is 44.9 Å². The molecule has 0 aliphatic carbocycles. The van der Waals surface area contributed by atoms with E-state index in [1.165, 1.54) is 0 Å². The molecular weight excluding hydrogens is 250 g/mol. The van der Waals surface area contributed by atoms with E-state index in [1.807, 2.05) is 24.3 Å². The number of carbonyl (C=O) groups is 1. The summed E-state index contributed by atoms with van der Waals surface area (Å²) in [5.74, 6) is 0.734. The van der Waals surface area contributed by atoms with Gasteiger partial charge in [0.25, 0.3) is 0 Å². The number of hydrogen-bond acceptors (Lipinski definition) is 2. The van der Waals surface area contributed by atoms with Crippen molar-refractivity contribution in [2.24, 2.45) is 0 Å². The minimum atomic E-state index is -0.0391. The third-order valence-corrected chi connectivity index (χ3v) is 3.17. The average Bonchev–Trinajstić information content (AvgIpc) is 2.46. The van der Waals surface area contributed by atoms with Gasteiger partial charge in [-0.25, -0.2) is 0 Å². The molecule has 0 fully saturated rings. The maximum atomic E-state index is 11.9. The number of benzene rings is 1. The van der Waals surface area contributed by atoms with Crippen LogP contribution >= 0.6 is 0 Å². The number of amides is 1. The van der Waals surface area contributed by atoms with Gasteiger partial charge in [0, 0.05) is 17.7 Å². The molecule has 0 aliphatic rings. The SMILES string of the molecule is CCCC(CCC)NC(=O)/C=C/c1ccccc1OC. The van der Waals surface area contributed by atoms with E-state index in [9.17, 15) is 4.79 Å². The van der Waals surface area contributed by atoms with E-state index in [-0.39, 0.29) is 11.9 Å². The molecule has 3 heteroatoms. The van der Waals surface area contributed by atoms with Crippen molar-refractivity contribution in [2.75, 3.05) is 7.11 Å². The summed E-state index contributed by atoms with van der Waals surface area (Å²) in [6.45, 7) is 4.28. The molecule has 0 aliphatic heterocycles.